The molecule has 2 nitrogen and oxygen atoms in total. The second kappa shape index (κ2) is 4.73. The third kappa shape index (κ3) is 3.21. The summed E-state index contributed by atoms with van der Waals surface area (Å²) in [6, 6.07) is 0. The average molecular weight is 158 g/mol. The molecular weight excluding hydrogens is 140 g/mol. The summed E-state index contributed by atoms with van der Waals surface area (Å²) in [4.78, 5) is 0. The maximum absolute atomic E-state index is 5.49. The van der Waals surface area contributed by atoms with Crippen molar-refractivity contribution in [3.63, 3.8) is 0 Å². The van der Waals surface area contributed by atoms with Crippen LogP contribution in [0, 0.1) is 0 Å². The molecule has 0 amide bonds. The molecule has 1 fully saturated rings. The minimum atomic E-state index is 0.364. The van der Waals surface area contributed by atoms with Crippen LogP contribution in [-0.4, -0.2) is 25.4 Å². The van der Waals surface area contributed by atoms with Crippen LogP contribution in [0.25, 0.3) is 0 Å². The van der Waals surface area contributed by atoms with Crippen molar-refractivity contribution >= 4 is 0 Å². The van der Waals surface area contributed by atoms with E-state index in [0.717, 1.165) is 19.6 Å². The molecule has 1 aliphatic heterocycles. The van der Waals surface area contributed by atoms with Crippen LogP contribution in [0.15, 0.2) is 0 Å². The van der Waals surface area contributed by atoms with Crippen molar-refractivity contribution in [1.82, 2.24) is 0 Å². The molecule has 0 radical (unpaired) electrons. The van der Waals surface area contributed by atoms with Crippen molar-refractivity contribution in [3.8, 4) is 0 Å². The van der Waals surface area contributed by atoms with Gasteiger partial charge in [0.25, 0.3) is 0 Å². The second-order valence-electron chi connectivity index (χ2n) is 3.14. The van der Waals surface area contributed by atoms with Crippen LogP contribution in [0.4, 0.5) is 0 Å². The fourth-order valence-corrected chi connectivity index (χ4v) is 1.55. The Labute approximate surface area is 68.9 Å². The Morgan fingerprint density at radius 1 is 1.64 bits per heavy atom. The summed E-state index contributed by atoms with van der Waals surface area (Å²) >= 11 is 0. The molecule has 2 heteroatoms. The van der Waals surface area contributed by atoms with Gasteiger partial charge in [0, 0.05) is 13.2 Å². The molecule has 0 aromatic rings. The molecule has 1 saturated heterocycles. The molecule has 0 aliphatic carbocycles. The van der Waals surface area contributed by atoms with Gasteiger partial charge in [0.2, 0.25) is 0 Å². The fourth-order valence-electron chi connectivity index (χ4n) is 1.55. The molecule has 1 heterocycles. The zero-order chi connectivity index (χ0) is 8.10. The van der Waals surface area contributed by atoms with E-state index in [1.807, 2.05) is 6.92 Å². The molecule has 2 atom stereocenters. The van der Waals surface area contributed by atoms with E-state index < -0.39 is 0 Å². The highest BCUT2D eigenvalue weighted by atomic mass is 16.5. The minimum Gasteiger partial charge on any atom is -0.379 e. The van der Waals surface area contributed by atoms with Gasteiger partial charge in [0.05, 0.1) is 12.2 Å². The minimum absolute atomic E-state index is 0.364. The third-order valence-electron chi connectivity index (χ3n) is 2.07. The van der Waals surface area contributed by atoms with Gasteiger partial charge in [-0.25, -0.2) is 0 Å². The quantitative estimate of drug-likeness (QED) is 0.623. The molecule has 2 unspecified atom stereocenters. The van der Waals surface area contributed by atoms with E-state index in [-0.39, 0.29) is 0 Å². The predicted molar refractivity (Wildman–Crippen MR) is 44.7 cm³/mol. The van der Waals surface area contributed by atoms with E-state index >= 15 is 0 Å². The smallest absolute Gasteiger partial charge is 0.0600 e. The van der Waals surface area contributed by atoms with Gasteiger partial charge >= 0.3 is 0 Å². The third-order valence-corrected chi connectivity index (χ3v) is 2.07. The summed E-state index contributed by atoms with van der Waals surface area (Å²) in [5.74, 6) is 0. The molecule has 1 aliphatic rings. The highest BCUT2D eigenvalue weighted by Gasteiger charge is 2.18. The van der Waals surface area contributed by atoms with E-state index in [1.54, 1.807) is 0 Å². The van der Waals surface area contributed by atoms with Gasteiger partial charge in [-0.15, -0.1) is 0 Å². The van der Waals surface area contributed by atoms with Gasteiger partial charge in [-0.2, -0.15) is 0 Å². The molecule has 66 valence electrons. The Kier molecular flexibility index (Phi) is 3.87. The zero-order valence-corrected chi connectivity index (χ0v) is 7.51. The molecule has 11 heavy (non-hydrogen) atoms. The van der Waals surface area contributed by atoms with Crippen LogP contribution in [0.3, 0.4) is 0 Å². The van der Waals surface area contributed by atoms with Crippen molar-refractivity contribution < 1.29 is 9.47 Å². The number of rotatable bonds is 4. The molecule has 0 aromatic heterocycles. The summed E-state index contributed by atoms with van der Waals surface area (Å²) in [6.45, 7) is 5.91. The van der Waals surface area contributed by atoms with E-state index in [1.165, 1.54) is 12.8 Å². The summed E-state index contributed by atoms with van der Waals surface area (Å²) in [5.41, 5.74) is 0. The van der Waals surface area contributed by atoms with Crippen molar-refractivity contribution in [1.29, 1.82) is 0 Å². The van der Waals surface area contributed by atoms with Crippen LogP contribution in [0.1, 0.15) is 33.1 Å². The lowest BCUT2D eigenvalue weighted by atomic mass is 10.1. The van der Waals surface area contributed by atoms with Gasteiger partial charge in [-0.1, -0.05) is 0 Å². The van der Waals surface area contributed by atoms with Gasteiger partial charge in [-0.3, -0.25) is 0 Å². The first-order chi connectivity index (χ1) is 5.33. The number of hydrogen-bond donors (Lipinski definition) is 0. The lowest BCUT2D eigenvalue weighted by molar-refractivity contribution is 0.0190. The van der Waals surface area contributed by atoms with Gasteiger partial charge in [0.15, 0.2) is 0 Å². The zero-order valence-electron chi connectivity index (χ0n) is 7.51. The topological polar surface area (TPSA) is 18.5 Å². The Bertz CT molecular complexity index is 97.7. The van der Waals surface area contributed by atoms with Crippen LogP contribution in [0.5, 0.6) is 0 Å². The average Bonchev–Trinajstić information content (AvgIpc) is 2.40. The number of ether oxygens (including phenoxy) is 2. The lowest BCUT2D eigenvalue weighted by Gasteiger charge is -2.15. The molecular formula is C9H18O2. The Balaban J connectivity index is 2.08. The largest absolute Gasteiger partial charge is 0.379 e. The van der Waals surface area contributed by atoms with Crippen molar-refractivity contribution in [2.24, 2.45) is 0 Å². The molecule has 0 N–H and O–H groups in total. The molecule has 0 spiro atoms. The SMILES string of the molecule is CCOC(C)CC1CCCO1. The molecule has 0 aromatic carbocycles. The van der Waals surface area contributed by atoms with Gasteiger partial charge < -0.3 is 9.47 Å². The van der Waals surface area contributed by atoms with Crippen LogP contribution in [0.2, 0.25) is 0 Å². The van der Waals surface area contributed by atoms with Crippen molar-refractivity contribution in [2.75, 3.05) is 13.2 Å². The van der Waals surface area contributed by atoms with Crippen LogP contribution >= 0.6 is 0 Å². The van der Waals surface area contributed by atoms with Crippen LogP contribution < -0.4 is 0 Å². The Morgan fingerprint density at radius 3 is 3.00 bits per heavy atom. The van der Waals surface area contributed by atoms with E-state index in [0.29, 0.717) is 12.2 Å². The first-order valence-corrected chi connectivity index (χ1v) is 4.56. The first kappa shape index (κ1) is 9.01. The van der Waals surface area contributed by atoms with Crippen LogP contribution in [-0.2, 0) is 9.47 Å². The molecule has 0 bridgehead atoms. The van der Waals surface area contributed by atoms with Crippen molar-refractivity contribution in [2.45, 2.75) is 45.3 Å². The van der Waals surface area contributed by atoms with E-state index in [4.69, 9.17) is 9.47 Å². The Morgan fingerprint density at radius 2 is 2.45 bits per heavy atom. The highest BCUT2D eigenvalue weighted by Crippen LogP contribution is 2.17. The summed E-state index contributed by atoms with van der Waals surface area (Å²) in [7, 11) is 0. The normalized spacial score (nSPS) is 27.3. The van der Waals surface area contributed by atoms with Gasteiger partial charge in [0.1, 0.15) is 0 Å². The van der Waals surface area contributed by atoms with Crippen molar-refractivity contribution in [3.05, 3.63) is 0 Å². The number of hydrogen-bond acceptors (Lipinski definition) is 2. The van der Waals surface area contributed by atoms with Gasteiger partial charge in [-0.05, 0) is 33.1 Å². The predicted octanol–water partition coefficient (Wildman–Crippen LogP) is 1.98. The Hall–Kier alpha value is -0.0800. The maximum Gasteiger partial charge on any atom is 0.0600 e. The fraction of sp³-hybridized carbons (Fsp3) is 1.00. The first-order valence-electron chi connectivity index (χ1n) is 4.56. The summed E-state index contributed by atoms with van der Waals surface area (Å²) < 4.78 is 10.9. The monoisotopic (exact) mass is 158 g/mol. The summed E-state index contributed by atoms with van der Waals surface area (Å²) in [6.07, 6.45) is 4.34. The summed E-state index contributed by atoms with van der Waals surface area (Å²) in [5, 5.41) is 0. The lowest BCUT2D eigenvalue weighted by Crippen LogP contribution is -2.17. The second-order valence-corrected chi connectivity index (χ2v) is 3.14. The highest BCUT2D eigenvalue weighted by molar-refractivity contribution is 4.67. The van der Waals surface area contributed by atoms with E-state index in [9.17, 15) is 0 Å². The standard InChI is InChI=1S/C9H18O2/c1-3-10-8(2)7-9-5-4-6-11-9/h8-9H,3-7H2,1-2H3. The van der Waals surface area contributed by atoms with E-state index in [2.05, 4.69) is 6.92 Å². The molecule has 1 rings (SSSR count). The molecule has 0 saturated carbocycles. The maximum atomic E-state index is 5.49.